The van der Waals surface area contributed by atoms with Crippen molar-refractivity contribution in [3.05, 3.63) is 88.6 Å². The van der Waals surface area contributed by atoms with Gasteiger partial charge in [-0.25, -0.2) is 8.78 Å². The molecule has 12 heteroatoms. The van der Waals surface area contributed by atoms with E-state index < -0.39 is 11.6 Å². The van der Waals surface area contributed by atoms with Crippen LogP contribution in [0.15, 0.2) is 54.7 Å². The first-order valence-corrected chi connectivity index (χ1v) is 25.6. The molecule has 3 N–H and O–H groups in total. The normalized spacial score (nSPS) is 28.3. The van der Waals surface area contributed by atoms with Gasteiger partial charge in [-0.15, -0.1) is 6.42 Å². The minimum Gasteiger partial charge on any atom is -0.508 e. The number of fused-ring (bicyclic) bond motifs is 5. The average molecular weight is 931 g/mol. The van der Waals surface area contributed by atoms with Crippen LogP contribution in [0.25, 0.3) is 38.5 Å². The zero-order chi connectivity index (χ0) is 47.1. The zero-order valence-corrected chi connectivity index (χ0v) is 39.3. The van der Waals surface area contributed by atoms with Crippen LogP contribution in [-0.4, -0.2) is 63.7 Å². The minimum atomic E-state index is -0.706. The number of pyridine rings is 1. The van der Waals surface area contributed by atoms with Crippen LogP contribution in [0.3, 0.4) is 0 Å². The Balaban J connectivity index is 0.707. The standard InChI is InChI=1S/C57H60F2N6O4/c1-3-41-48(58)18-13-37-23-40(66)25-46(50(37)41)52-51(59)53-47(27-60-52)54(65-28-38-14-15-39(29-65)61-38)64-56(63-53)69-30-57(20-21-57)26-32-4-6-33(7-5-32)34-8-10-35(11-9-34)36-12-16-42-44(24-36)31(2)22-45(42)43-17-19-49(67)62-55(43)68/h1,12-13,16,18,22-25,27,31-35,38-39,43,61,66H,4-11,14-15,17,19-21,26,28-30H2,2H3,(H,62,67,68). The molecule has 10 nitrogen and oxygen atoms in total. The van der Waals surface area contributed by atoms with Crippen molar-refractivity contribution in [3.63, 3.8) is 0 Å². The van der Waals surface area contributed by atoms with E-state index in [0.29, 0.717) is 65.3 Å². The Bertz CT molecular complexity index is 2970. The number of phenolic OH excluding ortho intramolecular Hbond substituents is 1. The van der Waals surface area contributed by atoms with Crippen LogP contribution in [0.5, 0.6) is 11.8 Å². The minimum absolute atomic E-state index is 0.0245. The van der Waals surface area contributed by atoms with Crippen molar-refractivity contribution in [2.24, 2.45) is 29.1 Å². The zero-order valence-electron chi connectivity index (χ0n) is 39.3. The van der Waals surface area contributed by atoms with E-state index in [0.717, 1.165) is 62.6 Å². The van der Waals surface area contributed by atoms with Crippen molar-refractivity contribution in [1.29, 1.82) is 0 Å². The van der Waals surface area contributed by atoms with Crippen LogP contribution in [0, 0.1) is 53.1 Å². The van der Waals surface area contributed by atoms with Gasteiger partial charge in [0.1, 0.15) is 28.6 Å². The highest BCUT2D eigenvalue weighted by molar-refractivity contribution is 6.05. The predicted molar refractivity (Wildman–Crippen MR) is 263 cm³/mol. The molecule has 356 valence electrons. The lowest BCUT2D eigenvalue weighted by atomic mass is 9.67. The van der Waals surface area contributed by atoms with Gasteiger partial charge in [-0.05, 0) is 147 Å². The van der Waals surface area contributed by atoms with E-state index in [1.807, 2.05) is 0 Å². The Hall–Kier alpha value is -5.93. The molecule has 2 bridgehead atoms. The maximum atomic E-state index is 17.2. The number of piperazine rings is 1. The third kappa shape index (κ3) is 8.22. The van der Waals surface area contributed by atoms with E-state index in [4.69, 9.17) is 21.1 Å². The Morgan fingerprint density at radius 2 is 1.65 bits per heavy atom. The number of rotatable bonds is 10. The summed E-state index contributed by atoms with van der Waals surface area (Å²) in [6, 6.07) is 13.3. The highest BCUT2D eigenvalue weighted by Gasteiger charge is 2.46. The van der Waals surface area contributed by atoms with Crippen LogP contribution in [0.1, 0.15) is 137 Å². The molecule has 69 heavy (non-hydrogen) atoms. The first kappa shape index (κ1) is 44.3. The summed E-state index contributed by atoms with van der Waals surface area (Å²) in [6.07, 6.45) is 26.1. The number of amides is 2. The maximum Gasteiger partial charge on any atom is 0.319 e. The quantitative estimate of drug-likeness (QED) is 0.0926. The molecule has 2 amide bonds. The van der Waals surface area contributed by atoms with E-state index in [9.17, 15) is 14.7 Å². The predicted octanol–water partition coefficient (Wildman–Crippen LogP) is 10.6. The van der Waals surface area contributed by atoms with Gasteiger partial charge in [-0.1, -0.05) is 56.0 Å². The van der Waals surface area contributed by atoms with Crippen LogP contribution in [-0.2, 0) is 9.59 Å². The van der Waals surface area contributed by atoms with Gasteiger partial charge in [0.05, 0.1) is 23.5 Å². The molecule has 4 unspecified atom stereocenters. The molecule has 2 aromatic heterocycles. The summed E-state index contributed by atoms with van der Waals surface area (Å²) in [7, 11) is 0. The Morgan fingerprint density at radius 3 is 2.38 bits per heavy atom. The summed E-state index contributed by atoms with van der Waals surface area (Å²) >= 11 is 0. The summed E-state index contributed by atoms with van der Waals surface area (Å²) in [4.78, 5) is 41.1. The summed E-state index contributed by atoms with van der Waals surface area (Å²) in [5.74, 6) is 4.06. The van der Waals surface area contributed by atoms with Gasteiger partial charge in [0, 0.05) is 60.1 Å². The monoisotopic (exact) mass is 930 g/mol. The second kappa shape index (κ2) is 17.5. The lowest BCUT2D eigenvalue weighted by molar-refractivity contribution is -0.134. The molecule has 4 aliphatic carbocycles. The molecule has 0 radical (unpaired) electrons. The van der Waals surface area contributed by atoms with E-state index in [-0.39, 0.29) is 63.2 Å². The van der Waals surface area contributed by atoms with Gasteiger partial charge in [0.25, 0.3) is 0 Å². The molecule has 3 aliphatic heterocycles. The number of aromatic nitrogens is 3. The molecule has 3 saturated carbocycles. The number of allylic oxidation sites excluding steroid dienone is 1. The fourth-order valence-electron chi connectivity index (χ4n) is 13.7. The molecule has 5 heterocycles. The molecule has 7 aliphatic rings. The van der Waals surface area contributed by atoms with E-state index in [1.165, 1.54) is 92.3 Å². The molecule has 4 atom stereocenters. The number of hydrogen-bond acceptors (Lipinski definition) is 9. The number of halogens is 2. The number of nitrogens with zero attached hydrogens (tertiary/aromatic N) is 4. The lowest BCUT2D eigenvalue weighted by Gasteiger charge is -2.38. The number of imide groups is 1. The number of terminal acetylenes is 1. The fourth-order valence-corrected chi connectivity index (χ4v) is 13.7. The second-order valence-electron chi connectivity index (χ2n) is 21.9. The SMILES string of the molecule is C#Cc1c(F)ccc2cc(O)cc(-c3ncc4c(N5CC6CCC(C5)N6)nc(OCC5(CC6CCC(C7CCC(c8ccc9c(c8)C(C)C=C9C8CCC(=O)NC8=O)CC7)CC6)CC5)nc4c3F)c12. The van der Waals surface area contributed by atoms with E-state index in [2.05, 4.69) is 57.6 Å². The number of carbonyl (C=O) groups is 2. The highest BCUT2D eigenvalue weighted by atomic mass is 19.1. The smallest absolute Gasteiger partial charge is 0.319 e. The first-order valence-electron chi connectivity index (χ1n) is 25.6. The number of piperidine rings is 1. The number of nitrogens with one attached hydrogen (secondary N) is 2. The van der Waals surface area contributed by atoms with Crippen molar-refractivity contribution in [2.75, 3.05) is 24.6 Å². The fraction of sp³-hybridized carbons (Fsp3) is 0.491. The van der Waals surface area contributed by atoms with Crippen LogP contribution < -0.4 is 20.3 Å². The molecule has 12 rings (SSSR count). The number of ether oxygens (including phenoxy) is 1. The molecular formula is C57H60F2N6O4. The molecular weight excluding hydrogens is 871 g/mol. The highest BCUT2D eigenvalue weighted by Crippen LogP contribution is 2.54. The van der Waals surface area contributed by atoms with Crippen LogP contribution in [0.4, 0.5) is 14.6 Å². The maximum absolute atomic E-state index is 17.2. The molecule has 0 spiro atoms. The van der Waals surface area contributed by atoms with Gasteiger partial charge in [-0.3, -0.25) is 19.9 Å². The molecule has 6 fully saturated rings. The van der Waals surface area contributed by atoms with E-state index >= 15 is 8.78 Å². The summed E-state index contributed by atoms with van der Waals surface area (Å²) in [5.41, 5.74) is 5.24. The lowest BCUT2D eigenvalue weighted by Crippen LogP contribution is -2.51. The van der Waals surface area contributed by atoms with Gasteiger partial charge in [-0.2, -0.15) is 9.97 Å². The van der Waals surface area contributed by atoms with Gasteiger partial charge in [0.15, 0.2) is 5.82 Å². The largest absolute Gasteiger partial charge is 0.508 e. The number of aromatic hydroxyl groups is 1. The van der Waals surface area contributed by atoms with Crippen molar-refractivity contribution in [3.8, 4) is 35.4 Å². The van der Waals surface area contributed by atoms with Crippen molar-refractivity contribution in [1.82, 2.24) is 25.6 Å². The van der Waals surface area contributed by atoms with Gasteiger partial charge >= 0.3 is 6.01 Å². The third-order valence-electron chi connectivity index (χ3n) is 17.5. The van der Waals surface area contributed by atoms with Gasteiger partial charge < -0.3 is 20.1 Å². The van der Waals surface area contributed by atoms with Crippen LogP contribution in [0.2, 0.25) is 0 Å². The van der Waals surface area contributed by atoms with E-state index in [1.54, 1.807) is 6.20 Å². The summed E-state index contributed by atoms with van der Waals surface area (Å²) < 4.78 is 38.8. The third-order valence-corrected chi connectivity index (χ3v) is 17.5. The second-order valence-corrected chi connectivity index (χ2v) is 21.9. The molecule has 5 aromatic rings. The number of anilines is 1. The topological polar surface area (TPSA) is 130 Å². The van der Waals surface area contributed by atoms with Crippen molar-refractivity contribution >= 4 is 44.9 Å². The number of carbonyl (C=O) groups excluding carboxylic acids is 2. The Kier molecular flexibility index (Phi) is 11.2. The Labute approximate surface area is 402 Å². The van der Waals surface area contributed by atoms with Gasteiger partial charge in [0.2, 0.25) is 11.8 Å². The summed E-state index contributed by atoms with van der Waals surface area (Å²) in [5, 5.41) is 18.2. The Morgan fingerprint density at radius 1 is 0.899 bits per heavy atom. The average Bonchev–Trinajstić information content (AvgIpc) is 3.93. The molecule has 3 saturated heterocycles. The van der Waals surface area contributed by atoms with Crippen molar-refractivity contribution in [2.45, 2.75) is 127 Å². The number of benzene rings is 3. The molecule has 3 aromatic carbocycles. The first-order chi connectivity index (χ1) is 33.5. The number of phenols is 1. The van der Waals surface area contributed by atoms with Crippen molar-refractivity contribution < 1.29 is 28.2 Å². The number of hydrogen-bond donors (Lipinski definition) is 3. The van der Waals surface area contributed by atoms with Crippen LogP contribution >= 0.6 is 0 Å². The summed E-state index contributed by atoms with van der Waals surface area (Å²) in [6.45, 7) is 4.15.